The molecule has 30 heavy (non-hydrogen) atoms. The van der Waals surface area contributed by atoms with Crippen molar-refractivity contribution in [1.29, 1.82) is 5.41 Å². The zero-order valence-corrected chi connectivity index (χ0v) is 18.2. The molecular formula is C22H26ClN3O4. The monoisotopic (exact) mass is 431 g/mol. The second-order valence-corrected chi connectivity index (χ2v) is 7.29. The van der Waals surface area contributed by atoms with E-state index >= 15 is 0 Å². The van der Waals surface area contributed by atoms with Crippen LogP contribution in [0.2, 0.25) is 5.02 Å². The molecule has 0 saturated heterocycles. The Morgan fingerprint density at radius 2 is 1.73 bits per heavy atom. The number of carbonyl (C=O) groups excluding carboxylic acids is 2. The number of carbonyl (C=O) groups is 2. The molecule has 0 fully saturated rings. The van der Waals surface area contributed by atoms with Gasteiger partial charge in [-0.2, -0.15) is 0 Å². The van der Waals surface area contributed by atoms with E-state index in [9.17, 15) is 9.59 Å². The third kappa shape index (κ3) is 6.22. The van der Waals surface area contributed by atoms with Gasteiger partial charge in [-0.3, -0.25) is 15.0 Å². The average molecular weight is 432 g/mol. The Morgan fingerprint density at radius 1 is 1.10 bits per heavy atom. The van der Waals surface area contributed by atoms with Crippen molar-refractivity contribution in [3.8, 4) is 5.75 Å². The van der Waals surface area contributed by atoms with Crippen molar-refractivity contribution in [2.45, 2.75) is 32.4 Å². The summed E-state index contributed by atoms with van der Waals surface area (Å²) in [6.07, 6.45) is 0.243. The van der Waals surface area contributed by atoms with E-state index in [4.69, 9.17) is 26.5 Å². The molecule has 2 aromatic rings. The van der Waals surface area contributed by atoms with Gasteiger partial charge in [0.15, 0.2) is 0 Å². The number of benzene rings is 2. The molecule has 1 atom stereocenters. The highest BCUT2D eigenvalue weighted by molar-refractivity contribution is 6.32. The number of ether oxygens (including phenoxy) is 2. The van der Waals surface area contributed by atoms with Gasteiger partial charge in [0.1, 0.15) is 11.8 Å². The SMILES string of the molecule is CNC(=O)[C@H](Cc1ccc(C(=N)OC)cc1)NC(=O)c1ccc(OC(C)C)c(Cl)c1. The summed E-state index contributed by atoms with van der Waals surface area (Å²) in [7, 11) is 2.95. The van der Waals surface area contributed by atoms with E-state index in [1.807, 2.05) is 13.8 Å². The second-order valence-electron chi connectivity index (χ2n) is 6.89. The normalized spacial score (nSPS) is 11.5. The van der Waals surface area contributed by atoms with Gasteiger partial charge < -0.3 is 20.1 Å². The predicted octanol–water partition coefficient (Wildman–Crippen LogP) is 3.19. The van der Waals surface area contributed by atoms with E-state index < -0.39 is 11.9 Å². The molecule has 7 nitrogen and oxygen atoms in total. The first-order valence-corrected chi connectivity index (χ1v) is 9.83. The van der Waals surface area contributed by atoms with E-state index in [2.05, 4.69) is 10.6 Å². The van der Waals surface area contributed by atoms with Crippen LogP contribution in [-0.4, -0.2) is 44.0 Å². The number of hydrogen-bond donors (Lipinski definition) is 3. The van der Waals surface area contributed by atoms with E-state index in [0.29, 0.717) is 21.9 Å². The maximum atomic E-state index is 12.7. The highest BCUT2D eigenvalue weighted by atomic mass is 35.5. The highest BCUT2D eigenvalue weighted by Crippen LogP contribution is 2.26. The number of rotatable bonds is 8. The molecule has 0 aliphatic heterocycles. The van der Waals surface area contributed by atoms with Crippen LogP contribution < -0.4 is 15.4 Å². The summed E-state index contributed by atoms with van der Waals surface area (Å²) in [5.74, 6) is -0.186. The maximum Gasteiger partial charge on any atom is 0.251 e. The first-order chi connectivity index (χ1) is 14.2. The Morgan fingerprint density at radius 3 is 2.27 bits per heavy atom. The van der Waals surface area contributed by atoms with E-state index in [1.165, 1.54) is 20.2 Å². The van der Waals surface area contributed by atoms with Gasteiger partial charge in [-0.1, -0.05) is 23.7 Å². The van der Waals surface area contributed by atoms with Crippen molar-refractivity contribution < 1.29 is 19.1 Å². The molecule has 0 unspecified atom stereocenters. The van der Waals surface area contributed by atoms with Crippen LogP contribution in [0.25, 0.3) is 0 Å². The average Bonchev–Trinajstić information content (AvgIpc) is 2.73. The smallest absolute Gasteiger partial charge is 0.251 e. The Hall–Kier alpha value is -3.06. The minimum Gasteiger partial charge on any atom is -0.489 e. The molecule has 0 bridgehead atoms. The Labute approximate surface area is 181 Å². The molecule has 2 rings (SSSR count). The lowest BCUT2D eigenvalue weighted by molar-refractivity contribution is -0.122. The molecule has 2 amide bonds. The largest absolute Gasteiger partial charge is 0.489 e. The van der Waals surface area contributed by atoms with Crippen molar-refractivity contribution in [3.63, 3.8) is 0 Å². The number of halogens is 1. The van der Waals surface area contributed by atoms with Crippen LogP contribution in [0.3, 0.4) is 0 Å². The van der Waals surface area contributed by atoms with Gasteiger partial charge in [0.05, 0.1) is 18.2 Å². The molecule has 160 valence electrons. The number of methoxy groups -OCH3 is 1. The lowest BCUT2D eigenvalue weighted by Gasteiger charge is -2.18. The van der Waals surface area contributed by atoms with Crippen LogP contribution in [0, 0.1) is 5.41 Å². The van der Waals surface area contributed by atoms with Crippen LogP contribution in [0.5, 0.6) is 5.75 Å². The van der Waals surface area contributed by atoms with Crippen molar-refractivity contribution in [1.82, 2.24) is 10.6 Å². The highest BCUT2D eigenvalue weighted by Gasteiger charge is 2.22. The van der Waals surface area contributed by atoms with Gasteiger partial charge in [0.25, 0.3) is 5.91 Å². The van der Waals surface area contributed by atoms with E-state index in [-0.39, 0.29) is 24.3 Å². The first-order valence-electron chi connectivity index (χ1n) is 9.45. The molecule has 8 heteroatoms. The second kappa shape index (κ2) is 10.6. The van der Waals surface area contributed by atoms with Crippen LogP contribution in [0.4, 0.5) is 0 Å². The molecule has 0 radical (unpaired) electrons. The summed E-state index contributed by atoms with van der Waals surface area (Å²) in [5.41, 5.74) is 1.78. The minimum absolute atomic E-state index is 0.0428. The number of nitrogens with one attached hydrogen (secondary N) is 3. The maximum absolute atomic E-state index is 12.7. The Balaban J connectivity index is 2.14. The minimum atomic E-state index is -0.777. The molecule has 0 saturated carbocycles. The molecule has 2 aromatic carbocycles. The van der Waals surface area contributed by atoms with Gasteiger partial charge >= 0.3 is 0 Å². The van der Waals surface area contributed by atoms with E-state index in [0.717, 1.165) is 5.56 Å². The zero-order chi connectivity index (χ0) is 22.3. The van der Waals surface area contributed by atoms with E-state index in [1.54, 1.807) is 36.4 Å². The summed E-state index contributed by atoms with van der Waals surface area (Å²) in [4.78, 5) is 25.0. The first kappa shape index (κ1) is 23.2. The number of hydrogen-bond acceptors (Lipinski definition) is 5. The summed E-state index contributed by atoms with van der Waals surface area (Å²) in [6, 6.07) is 11.0. The summed E-state index contributed by atoms with van der Waals surface area (Å²) >= 11 is 6.21. The van der Waals surface area contributed by atoms with Gasteiger partial charge in [0, 0.05) is 24.6 Å². The lowest BCUT2D eigenvalue weighted by Crippen LogP contribution is -2.47. The fourth-order valence-corrected chi connectivity index (χ4v) is 2.99. The zero-order valence-electron chi connectivity index (χ0n) is 17.4. The van der Waals surface area contributed by atoms with Crippen LogP contribution in [-0.2, 0) is 16.0 Å². The standard InChI is InChI=1S/C22H26ClN3O4/c1-13(2)30-19-10-9-16(12-17(19)23)21(27)26-18(22(28)25-3)11-14-5-7-15(8-6-14)20(24)29-4/h5-10,12-13,18,24H,11H2,1-4H3,(H,25,28)(H,26,27)/t18-/m0/s1. The van der Waals surface area contributed by atoms with Gasteiger partial charge in [-0.25, -0.2) is 0 Å². The number of likely N-dealkylation sites (N-methyl/N-ethyl adjacent to an activating group) is 1. The van der Waals surface area contributed by atoms with Crippen LogP contribution in [0.15, 0.2) is 42.5 Å². The summed E-state index contributed by atoms with van der Waals surface area (Å²) in [6.45, 7) is 3.77. The fourth-order valence-electron chi connectivity index (χ4n) is 2.76. The third-order valence-electron chi connectivity index (χ3n) is 4.29. The topological polar surface area (TPSA) is 101 Å². The predicted molar refractivity (Wildman–Crippen MR) is 117 cm³/mol. The van der Waals surface area contributed by atoms with Crippen molar-refractivity contribution in [3.05, 3.63) is 64.2 Å². The van der Waals surface area contributed by atoms with Gasteiger partial charge in [-0.05, 0) is 49.7 Å². The molecule has 0 heterocycles. The Kier molecular flexibility index (Phi) is 8.24. The quantitative estimate of drug-likeness (QED) is 0.441. The Bertz CT molecular complexity index is 913. The number of amides is 2. The summed E-state index contributed by atoms with van der Waals surface area (Å²) < 4.78 is 10.5. The summed E-state index contributed by atoms with van der Waals surface area (Å²) in [5, 5.41) is 13.3. The molecule has 0 aliphatic carbocycles. The van der Waals surface area contributed by atoms with Crippen LogP contribution in [0.1, 0.15) is 35.3 Å². The van der Waals surface area contributed by atoms with Crippen LogP contribution >= 0.6 is 11.6 Å². The molecule has 0 aromatic heterocycles. The molecule has 0 aliphatic rings. The van der Waals surface area contributed by atoms with Gasteiger partial charge in [0.2, 0.25) is 11.8 Å². The van der Waals surface area contributed by atoms with Crippen molar-refractivity contribution in [2.24, 2.45) is 0 Å². The molecule has 0 spiro atoms. The third-order valence-corrected chi connectivity index (χ3v) is 4.58. The molecular weight excluding hydrogens is 406 g/mol. The molecule has 3 N–H and O–H groups in total. The van der Waals surface area contributed by atoms with Gasteiger partial charge in [-0.15, -0.1) is 0 Å². The fraction of sp³-hybridized carbons (Fsp3) is 0.318. The van der Waals surface area contributed by atoms with Crippen molar-refractivity contribution >= 4 is 29.3 Å². The lowest BCUT2D eigenvalue weighted by atomic mass is 10.0. The van der Waals surface area contributed by atoms with Crippen molar-refractivity contribution in [2.75, 3.05) is 14.2 Å².